The minimum atomic E-state index is -0.470. The van der Waals surface area contributed by atoms with Crippen molar-refractivity contribution < 1.29 is 19.1 Å². The van der Waals surface area contributed by atoms with Crippen LogP contribution in [0.4, 0.5) is 23.0 Å². The number of rotatable bonds is 9. The molecule has 34 heavy (non-hydrogen) atoms. The number of esters is 1. The van der Waals surface area contributed by atoms with E-state index < -0.39 is 11.9 Å². The number of nitrogen functional groups attached to an aromatic ring is 1. The zero-order valence-corrected chi connectivity index (χ0v) is 18.3. The van der Waals surface area contributed by atoms with E-state index in [1.165, 1.54) is 12.1 Å². The van der Waals surface area contributed by atoms with Crippen LogP contribution in [0.15, 0.2) is 77.0 Å². The Bertz CT molecular complexity index is 1200. The molecule has 2 aromatic carbocycles. The number of carbonyl (C=O) groups excluding carboxylic acids is 3. The first-order valence-electron chi connectivity index (χ1n) is 10.2. The van der Waals surface area contributed by atoms with Crippen molar-refractivity contribution in [3.8, 4) is 5.75 Å². The number of nitrogens with one attached hydrogen (secondary N) is 3. The highest BCUT2D eigenvalue weighted by Crippen LogP contribution is 2.30. The van der Waals surface area contributed by atoms with Gasteiger partial charge in [0.25, 0.3) is 5.91 Å². The molecule has 3 aromatic rings. The first-order chi connectivity index (χ1) is 16.5. The quantitative estimate of drug-likeness (QED) is 0.216. The Morgan fingerprint density at radius 2 is 1.62 bits per heavy atom. The van der Waals surface area contributed by atoms with Crippen LogP contribution in [0.2, 0.25) is 0 Å². The fraction of sp³-hybridized carbons (Fsp3) is 0.130. The van der Waals surface area contributed by atoms with Crippen LogP contribution in [0.3, 0.4) is 0 Å². The van der Waals surface area contributed by atoms with Crippen LogP contribution >= 0.6 is 0 Å². The predicted molar refractivity (Wildman–Crippen MR) is 126 cm³/mol. The molecule has 0 aliphatic rings. The monoisotopic (exact) mass is 461 g/mol. The second-order valence-electron chi connectivity index (χ2n) is 6.87. The van der Waals surface area contributed by atoms with Crippen LogP contribution in [0, 0.1) is 0 Å². The first kappa shape index (κ1) is 24.0. The van der Waals surface area contributed by atoms with E-state index in [4.69, 9.17) is 10.5 Å². The number of carbonyl (C=O) groups is 3. The normalized spacial score (nSPS) is 10.6. The third-order valence-corrected chi connectivity index (χ3v) is 4.29. The lowest BCUT2D eigenvalue weighted by Crippen LogP contribution is -2.33. The van der Waals surface area contributed by atoms with Crippen molar-refractivity contribution in [2.45, 2.75) is 0 Å². The highest BCUT2D eigenvalue weighted by atomic mass is 16.5. The zero-order valence-electron chi connectivity index (χ0n) is 18.3. The lowest BCUT2D eigenvalue weighted by Gasteiger charge is -2.08. The van der Waals surface area contributed by atoms with Crippen molar-refractivity contribution in [3.63, 3.8) is 0 Å². The van der Waals surface area contributed by atoms with Crippen LogP contribution in [0.1, 0.15) is 10.4 Å². The molecule has 0 saturated heterocycles. The molecule has 0 saturated carbocycles. The summed E-state index contributed by atoms with van der Waals surface area (Å²) in [6, 6.07) is 18.2. The van der Waals surface area contributed by atoms with E-state index in [9.17, 15) is 14.4 Å². The number of benzene rings is 2. The van der Waals surface area contributed by atoms with Crippen LogP contribution in [-0.4, -0.2) is 42.9 Å². The highest BCUT2D eigenvalue weighted by molar-refractivity contribution is 5.99. The molecule has 0 unspecified atom stereocenters. The van der Waals surface area contributed by atoms with Gasteiger partial charge in [0.15, 0.2) is 11.6 Å². The molecule has 5 N–H and O–H groups in total. The summed E-state index contributed by atoms with van der Waals surface area (Å²) in [7, 11) is 1.63. The van der Waals surface area contributed by atoms with Crippen molar-refractivity contribution in [2.24, 2.45) is 10.2 Å². The van der Waals surface area contributed by atoms with Crippen molar-refractivity contribution in [1.82, 2.24) is 15.6 Å². The van der Waals surface area contributed by atoms with Gasteiger partial charge in [0.1, 0.15) is 17.2 Å². The summed E-state index contributed by atoms with van der Waals surface area (Å²) in [6.07, 6.45) is 0. The van der Waals surface area contributed by atoms with Gasteiger partial charge in [-0.3, -0.25) is 14.4 Å². The third kappa shape index (κ3) is 6.93. The average Bonchev–Trinajstić information content (AvgIpc) is 2.83. The Labute approximate surface area is 195 Å². The lowest BCUT2D eigenvalue weighted by atomic mass is 10.2. The smallest absolute Gasteiger partial charge is 0.325 e. The number of ether oxygens (including phenoxy) is 1. The summed E-state index contributed by atoms with van der Waals surface area (Å²) in [4.78, 5) is 40.0. The van der Waals surface area contributed by atoms with Gasteiger partial charge >= 0.3 is 5.97 Å². The van der Waals surface area contributed by atoms with Crippen molar-refractivity contribution >= 4 is 40.8 Å². The molecule has 0 atom stereocenters. The summed E-state index contributed by atoms with van der Waals surface area (Å²) >= 11 is 0. The number of amides is 2. The predicted octanol–water partition coefficient (Wildman–Crippen LogP) is 2.57. The summed E-state index contributed by atoms with van der Waals surface area (Å²) in [5, 5.41) is 15.9. The summed E-state index contributed by atoms with van der Waals surface area (Å²) in [6.45, 7) is -0.189. The Kier molecular flexibility index (Phi) is 8.36. The van der Waals surface area contributed by atoms with E-state index in [0.29, 0.717) is 11.3 Å². The lowest BCUT2D eigenvalue weighted by molar-refractivity contribution is -0.133. The van der Waals surface area contributed by atoms with E-state index in [2.05, 4.69) is 31.2 Å². The number of nitrogens with zero attached hydrogens (tertiary/aromatic N) is 3. The molecule has 0 aliphatic heterocycles. The maximum Gasteiger partial charge on any atom is 0.325 e. The molecule has 0 spiro atoms. The van der Waals surface area contributed by atoms with Crippen LogP contribution in [-0.2, 0) is 9.59 Å². The topological polar surface area (TPSA) is 160 Å². The molecule has 0 aliphatic carbocycles. The molecule has 1 aromatic heterocycles. The van der Waals surface area contributed by atoms with Crippen molar-refractivity contribution in [3.05, 3.63) is 72.3 Å². The molecular formula is C23H23N7O4. The molecular weight excluding hydrogens is 438 g/mol. The molecule has 0 radical (unpaired) electrons. The van der Waals surface area contributed by atoms with E-state index in [0.717, 1.165) is 0 Å². The maximum atomic E-state index is 12.1. The Morgan fingerprint density at radius 1 is 0.912 bits per heavy atom. The standard InChI is InChI=1S/C23H23N7O4/c1-25-14-21(32)34-18-10-6-5-9-16(18)29-30-17-11-12-19(28-22(17)24)27-20(31)13-26-23(33)15-7-3-2-4-8-15/h2-12,25H,13-14H2,1H3,(H,26,33)(H3,24,27,28,31)/b30-29+. The number of pyridine rings is 1. The van der Waals surface area contributed by atoms with Gasteiger partial charge in [-0.15, -0.1) is 10.2 Å². The number of azo groups is 1. The third-order valence-electron chi connectivity index (χ3n) is 4.29. The SMILES string of the molecule is CNCC(=O)Oc1ccccc1/N=N/c1ccc(NC(=O)CNC(=O)c2ccccc2)nc1N. The largest absolute Gasteiger partial charge is 0.423 e. The molecule has 11 heteroatoms. The van der Waals surface area contributed by atoms with E-state index >= 15 is 0 Å². The first-order valence-corrected chi connectivity index (χ1v) is 10.2. The van der Waals surface area contributed by atoms with E-state index in [1.54, 1.807) is 61.6 Å². The number of likely N-dealkylation sites (N-methyl/N-ethyl adjacent to an activating group) is 1. The number of hydrogen-bond acceptors (Lipinski definition) is 9. The number of hydrogen-bond donors (Lipinski definition) is 4. The van der Waals surface area contributed by atoms with Crippen LogP contribution in [0.25, 0.3) is 0 Å². The fourth-order valence-corrected chi connectivity index (χ4v) is 2.70. The average molecular weight is 461 g/mol. The molecule has 11 nitrogen and oxygen atoms in total. The van der Waals surface area contributed by atoms with Gasteiger partial charge in [0.05, 0.1) is 13.1 Å². The van der Waals surface area contributed by atoms with Gasteiger partial charge in [0.2, 0.25) is 5.91 Å². The Balaban J connectivity index is 1.60. The zero-order chi connectivity index (χ0) is 24.3. The van der Waals surface area contributed by atoms with Gasteiger partial charge in [-0.1, -0.05) is 30.3 Å². The minimum Gasteiger partial charge on any atom is -0.423 e. The maximum absolute atomic E-state index is 12.1. The summed E-state index contributed by atoms with van der Waals surface area (Å²) in [5.74, 6) is -0.832. The molecule has 2 amide bonds. The van der Waals surface area contributed by atoms with Crippen LogP contribution in [0.5, 0.6) is 5.75 Å². The number of nitrogens with two attached hydrogens (primary N) is 1. The van der Waals surface area contributed by atoms with Gasteiger partial charge in [-0.05, 0) is 43.4 Å². The molecule has 3 rings (SSSR count). The van der Waals surface area contributed by atoms with E-state index in [-0.39, 0.29) is 42.1 Å². The molecule has 0 bridgehead atoms. The minimum absolute atomic E-state index is 0.0273. The Morgan fingerprint density at radius 3 is 2.35 bits per heavy atom. The Hall–Kier alpha value is -4.64. The number of aromatic nitrogens is 1. The van der Waals surface area contributed by atoms with Crippen LogP contribution < -0.4 is 26.4 Å². The van der Waals surface area contributed by atoms with Gasteiger partial charge in [-0.25, -0.2) is 4.98 Å². The van der Waals surface area contributed by atoms with Gasteiger partial charge in [-0.2, -0.15) is 0 Å². The highest BCUT2D eigenvalue weighted by Gasteiger charge is 2.11. The van der Waals surface area contributed by atoms with Gasteiger partial charge < -0.3 is 26.4 Å². The molecule has 174 valence electrons. The molecule has 0 fully saturated rings. The van der Waals surface area contributed by atoms with Crippen molar-refractivity contribution in [2.75, 3.05) is 31.2 Å². The van der Waals surface area contributed by atoms with Crippen molar-refractivity contribution in [1.29, 1.82) is 0 Å². The fourth-order valence-electron chi connectivity index (χ4n) is 2.70. The molecule has 1 heterocycles. The number of anilines is 2. The number of para-hydroxylation sites is 1. The van der Waals surface area contributed by atoms with E-state index in [1.807, 2.05) is 0 Å². The van der Waals surface area contributed by atoms with Gasteiger partial charge in [0, 0.05) is 5.56 Å². The summed E-state index contributed by atoms with van der Waals surface area (Å²) < 4.78 is 5.26. The second-order valence-corrected chi connectivity index (χ2v) is 6.87. The summed E-state index contributed by atoms with van der Waals surface area (Å²) in [5.41, 5.74) is 6.98. The second kappa shape index (κ2) is 11.8.